The highest BCUT2D eigenvalue weighted by Gasteiger charge is 2.37. The zero-order valence-corrected chi connectivity index (χ0v) is 19.2. The van der Waals surface area contributed by atoms with Crippen LogP contribution < -0.4 is 0 Å². The first-order valence-corrected chi connectivity index (χ1v) is 12.5. The molecule has 1 saturated carbocycles. The van der Waals surface area contributed by atoms with Gasteiger partial charge in [-0.1, -0.05) is 19.1 Å². The predicted molar refractivity (Wildman–Crippen MR) is 123 cm³/mol. The molecular formula is C27H35FN2O2. The summed E-state index contributed by atoms with van der Waals surface area (Å²) >= 11 is 0. The van der Waals surface area contributed by atoms with Gasteiger partial charge in [-0.3, -0.25) is 9.59 Å². The molecule has 3 fully saturated rings. The average molecular weight is 439 g/mol. The third kappa shape index (κ3) is 4.28. The number of Topliss-reactive ketones (excluding diaryl/α,β-unsaturated/α-hetero) is 1. The average Bonchev–Trinajstić information content (AvgIpc) is 3.32. The number of benzene rings is 1. The van der Waals surface area contributed by atoms with Crippen LogP contribution in [0.25, 0.3) is 0 Å². The molecule has 0 spiro atoms. The van der Waals surface area contributed by atoms with Crippen LogP contribution in [0.2, 0.25) is 0 Å². The van der Waals surface area contributed by atoms with Crippen molar-refractivity contribution in [1.29, 1.82) is 0 Å². The van der Waals surface area contributed by atoms with Gasteiger partial charge in [0.05, 0.1) is 5.56 Å². The smallest absolute Gasteiger partial charge is 0.257 e. The minimum absolute atomic E-state index is 0.165. The molecule has 2 aliphatic carbocycles. The molecule has 2 atom stereocenters. The molecule has 0 bridgehead atoms. The van der Waals surface area contributed by atoms with Crippen molar-refractivity contribution in [2.45, 2.75) is 76.2 Å². The summed E-state index contributed by atoms with van der Waals surface area (Å²) in [5, 5.41) is 0. The minimum atomic E-state index is -0.413. The number of hydrogen-bond acceptors (Lipinski definition) is 3. The molecule has 1 aromatic rings. The van der Waals surface area contributed by atoms with Crippen molar-refractivity contribution in [3.8, 4) is 0 Å². The molecule has 0 N–H and O–H groups in total. The molecule has 5 rings (SSSR count). The molecule has 0 radical (unpaired) electrons. The number of likely N-dealkylation sites (tertiary alicyclic amines) is 2. The number of amides is 1. The van der Waals surface area contributed by atoms with Crippen molar-refractivity contribution >= 4 is 11.7 Å². The molecule has 2 unspecified atom stereocenters. The summed E-state index contributed by atoms with van der Waals surface area (Å²) in [6, 6.07) is 5.39. The van der Waals surface area contributed by atoms with E-state index in [0.717, 1.165) is 82.3 Å². The third-order valence-corrected chi connectivity index (χ3v) is 8.21. The third-order valence-electron chi connectivity index (χ3n) is 8.21. The van der Waals surface area contributed by atoms with Crippen LogP contribution in [0.5, 0.6) is 0 Å². The van der Waals surface area contributed by atoms with Crippen molar-refractivity contribution < 1.29 is 14.0 Å². The van der Waals surface area contributed by atoms with Gasteiger partial charge in [-0.2, -0.15) is 0 Å². The zero-order valence-electron chi connectivity index (χ0n) is 19.2. The lowest BCUT2D eigenvalue weighted by Crippen LogP contribution is -2.42. The summed E-state index contributed by atoms with van der Waals surface area (Å²) in [7, 11) is 0. The van der Waals surface area contributed by atoms with E-state index in [4.69, 9.17) is 0 Å². The molecular weight excluding hydrogens is 403 g/mol. The second kappa shape index (κ2) is 8.74. The molecule has 1 amide bonds. The number of halogens is 1. The van der Waals surface area contributed by atoms with Crippen molar-refractivity contribution in [2.75, 3.05) is 26.2 Å². The van der Waals surface area contributed by atoms with E-state index in [9.17, 15) is 9.59 Å². The van der Waals surface area contributed by atoms with E-state index in [1.54, 1.807) is 12.1 Å². The van der Waals surface area contributed by atoms with Crippen molar-refractivity contribution in [3.63, 3.8) is 0 Å². The Hall–Kier alpha value is -2.01. The summed E-state index contributed by atoms with van der Waals surface area (Å²) in [5.41, 5.74) is 1.90. The van der Waals surface area contributed by atoms with Gasteiger partial charge in [-0.25, -0.2) is 4.39 Å². The molecule has 2 heterocycles. The number of carbonyl (C=O) groups excluding carboxylic acids is 2. The highest BCUT2D eigenvalue weighted by atomic mass is 19.1. The first kappa shape index (κ1) is 21.8. The van der Waals surface area contributed by atoms with Gasteiger partial charge in [-0.05, 0) is 99.6 Å². The Kier molecular flexibility index (Phi) is 5.96. The molecule has 5 heteroatoms. The summed E-state index contributed by atoms with van der Waals surface area (Å²) in [4.78, 5) is 29.9. The standard InChI is InChI=1S/C27H35FN2O2/c1-27(12-10-20(11-13-27)25(31)19-6-7-19)21-8-9-23(24(28)17-21)26(32)30-16-4-5-22(30)18-29-14-2-3-15-29/h8-10,17,19,22H,2-7,11-16,18H2,1H3. The molecule has 2 saturated heterocycles. The molecule has 172 valence electrons. The summed E-state index contributed by atoms with van der Waals surface area (Å²) in [5.74, 6) is 0.00707. The summed E-state index contributed by atoms with van der Waals surface area (Å²) in [6.45, 7) is 6.01. The Morgan fingerprint density at radius 1 is 1.09 bits per heavy atom. The number of hydrogen-bond donors (Lipinski definition) is 0. The molecule has 4 aliphatic rings. The van der Waals surface area contributed by atoms with E-state index >= 15 is 4.39 Å². The number of allylic oxidation sites excluding steroid dienone is 2. The predicted octanol–water partition coefficient (Wildman–Crippen LogP) is 4.87. The van der Waals surface area contributed by atoms with E-state index in [1.807, 2.05) is 11.0 Å². The number of rotatable bonds is 6. The fraction of sp³-hybridized carbons (Fsp3) is 0.630. The maximum atomic E-state index is 15.2. The first-order chi connectivity index (χ1) is 15.4. The number of carbonyl (C=O) groups is 2. The van der Waals surface area contributed by atoms with Crippen molar-refractivity contribution in [1.82, 2.24) is 9.80 Å². The van der Waals surface area contributed by atoms with Crippen LogP contribution in [0.3, 0.4) is 0 Å². The Morgan fingerprint density at radius 3 is 2.53 bits per heavy atom. The van der Waals surface area contributed by atoms with Gasteiger partial charge in [0.2, 0.25) is 0 Å². The normalized spacial score (nSPS) is 28.8. The molecule has 1 aromatic carbocycles. The molecule has 0 aromatic heterocycles. The lowest BCUT2D eigenvalue weighted by molar-refractivity contribution is -0.116. The topological polar surface area (TPSA) is 40.6 Å². The highest BCUT2D eigenvalue weighted by Crippen LogP contribution is 2.42. The second-order valence-electron chi connectivity index (χ2n) is 10.6. The fourth-order valence-electron chi connectivity index (χ4n) is 5.83. The van der Waals surface area contributed by atoms with E-state index in [1.165, 1.54) is 12.8 Å². The van der Waals surface area contributed by atoms with Crippen LogP contribution in [-0.4, -0.2) is 53.7 Å². The Morgan fingerprint density at radius 2 is 1.88 bits per heavy atom. The first-order valence-electron chi connectivity index (χ1n) is 12.5. The van der Waals surface area contributed by atoms with Gasteiger partial charge in [0.15, 0.2) is 5.78 Å². The van der Waals surface area contributed by atoms with E-state index < -0.39 is 5.82 Å². The van der Waals surface area contributed by atoms with Crippen LogP contribution >= 0.6 is 0 Å². The Labute approximate surface area is 190 Å². The van der Waals surface area contributed by atoms with Gasteiger partial charge in [0.25, 0.3) is 5.91 Å². The van der Waals surface area contributed by atoms with Gasteiger partial charge in [0.1, 0.15) is 5.82 Å². The van der Waals surface area contributed by atoms with Crippen LogP contribution in [-0.2, 0) is 10.2 Å². The maximum absolute atomic E-state index is 15.2. The Balaban J connectivity index is 1.28. The van der Waals surface area contributed by atoms with E-state index in [-0.39, 0.29) is 28.8 Å². The SMILES string of the molecule is CC1(c2ccc(C(=O)N3CCCC3CN3CCCC3)c(F)c2)CC=C(C(=O)C2CC2)CC1. The molecule has 32 heavy (non-hydrogen) atoms. The maximum Gasteiger partial charge on any atom is 0.257 e. The zero-order chi connectivity index (χ0) is 22.3. The van der Waals surface area contributed by atoms with Crippen LogP contribution in [0.15, 0.2) is 29.8 Å². The lowest BCUT2D eigenvalue weighted by atomic mass is 9.71. The van der Waals surface area contributed by atoms with Crippen molar-refractivity contribution in [3.05, 3.63) is 46.8 Å². The highest BCUT2D eigenvalue weighted by molar-refractivity contribution is 5.98. The Bertz CT molecular complexity index is 932. The van der Waals surface area contributed by atoms with Crippen LogP contribution in [0.4, 0.5) is 4.39 Å². The fourth-order valence-corrected chi connectivity index (χ4v) is 5.83. The summed E-state index contributed by atoms with van der Waals surface area (Å²) in [6.07, 6.45) is 11.0. The quantitative estimate of drug-likeness (QED) is 0.636. The second-order valence-corrected chi connectivity index (χ2v) is 10.6. The van der Waals surface area contributed by atoms with Crippen LogP contribution in [0, 0.1) is 11.7 Å². The summed E-state index contributed by atoms with van der Waals surface area (Å²) < 4.78 is 15.2. The van der Waals surface area contributed by atoms with Gasteiger partial charge < -0.3 is 9.80 Å². The number of nitrogens with zero attached hydrogens (tertiary/aromatic N) is 2. The van der Waals surface area contributed by atoms with Gasteiger partial charge in [0, 0.05) is 25.0 Å². The van der Waals surface area contributed by atoms with E-state index in [2.05, 4.69) is 17.9 Å². The lowest BCUT2D eigenvalue weighted by Gasteiger charge is -2.34. The monoisotopic (exact) mass is 438 g/mol. The van der Waals surface area contributed by atoms with Crippen LogP contribution in [0.1, 0.15) is 80.6 Å². The molecule has 4 nitrogen and oxygen atoms in total. The minimum Gasteiger partial charge on any atom is -0.334 e. The molecule has 2 aliphatic heterocycles. The van der Waals surface area contributed by atoms with E-state index in [0.29, 0.717) is 5.78 Å². The van der Waals surface area contributed by atoms with Crippen molar-refractivity contribution in [2.24, 2.45) is 5.92 Å². The largest absolute Gasteiger partial charge is 0.334 e. The van der Waals surface area contributed by atoms with Gasteiger partial charge >= 0.3 is 0 Å². The van der Waals surface area contributed by atoms with Gasteiger partial charge in [-0.15, -0.1) is 0 Å². The number of ketones is 1.